The van der Waals surface area contributed by atoms with Crippen molar-refractivity contribution in [1.82, 2.24) is 9.88 Å². The van der Waals surface area contributed by atoms with Crippen LogP contribution in [0.25, 0.3) is 11.0 Å². The van der Waals surface area contributed by atoms with E-state index in [-0.39, 0.29) is 17.5 Å². The highest BCUT2D eigenvalue weighted by Crippen LogP contribution is 2.35. The number of pyridine rings is 1. The second-order valence-corrected chi connectivity index (χ2v) is 6.97. The maximum atomic E-state index is 14.3. The number of rotatable bonds is 3. The number of hydrogen-bond donors (Lipinski definition) is 1. The molecule has 0 atom stereocenters. The molecule has 3 heterocycles. The number of halogens is 1. The molecule has 1 aromatic carbocycles. The number of carbonyl (C=O) groups excluding carboxylic acids is 1. The average molecular weight is 387 g/mol. The number of aryl methyl sites for hydroxylation is 1. The summed E-state index contributed by atoms with van der Waals surface area (Å²) in [6.07, 6.45) is 3.21. The van der Waals surface area contributed by atoms with Gasteiger partial charge in [0.05, 0.1) is 17.0 Å². The van der Waals surface area contributed by atoms with Crippen molar-refractivity contribution >= 4 is 40.0 Å². The molecule has 0 spiro atoms. The summed E-state index contributed by atoms with van der Waals surface area (Å²) in [4.78, 5) is 18.7. The van der Waals surface area contributed by atoms with Crippen molar-refractivity contribution in [2.75, 3.05) is 23.5 Å². The molecule has 0 aliphatic carbocycles. The smallest absolute Gasteiger partial charge is 0.292 e. The summed E-state index contributed by atoms with van der Waals surface area (Å²) < 4.78 is 20.1. The largest absolute Gasteiger partial charge is 0.448 e. The Morgan fingerprint density at radius 1 is 1.33 bits per heavy atom. The van der Waals surface area contributed by atoms with Gasteiger partial charge in [-0.2, -0.15) is 0 Å². The number of hydrogen-bond acceptors (Lipinski definition) is 5. The molecule has 1 aliphatic rings. The Morgan fingerprint density at radius 3 is 2.85 bits per heavy atom. The summed E-state index contributed by atoms with van der Waals surface area (Å²) in [5, 5.41) is 3.68. The Hall–Kier alpha value is -2.54. The zero-order valence-corrected chi connectivity index (χ0v) is 16.4. The molecule has 3 aromatic rings. The molecular formula is C20H22FN3O2S. The van der Waals surface area contributed by atoms with Crippen LogP contribution in [-0.4, -0.2) is 34.0 Å². The maximum Gasteiger partial charge on any atom is 0.292 e. The number of amides is 1. The van der Waals surface area contributed by atoms with Crippen LogP contribution in [0.3, 0.4) is 0 Å². The Bertz CT molecular complexity index is 952. The van der Waals surface area contributed by atoms with Gasteiger partial charge in [-0.3, -0.25) is 9.78 Å². The van der Waals surface area contributed by atoms with Crippen LogP contribution >= 0.6 is 11.8 Å². The number of anilines is 2. The maximum absolute atomic E-state index is 14.3. The lowest BCUT2D eigenvalue weighted by Gasteiger charge is -2.14. The molecule has 0 bridgehead atoms. The molecule has 7 heteroatoms. The number of benzene rings is 1. The predicted molar refractivity (Wildman–Crippen MR) is 108 cm³/mol. The van der Waals surface area contributed by atoms with Gasteiger partial charge in [0.1, 0.15) is 17.1 Å². The quantitative estimate of drug-likeness (QED) is 0.670. The standard InChI is InChI=1S/C18H16FN3O2S.C2H6/c1-11-2-3-14(13(19)8-11)21-16-12-9-20-5-4-15(12)24-17(16)18(23)22-6-7-25-10-22;1-2/h2-5,8-9,21H,6-7,10H2,1H3;1-2H3. The van der Waals surface area contributed by atoms with Crippen molar-refractivity contribution in [3.05, 3.63) is 53.8 Å². The third kappa shape index (κ3) is 3.93. The molecule has 1 saturated heterocycles. The Balaban J connectivity index is 0.00000102. The Labute approximate surface area is 161 Å². The lowest BCUT2D eigenvalue weighted by atomic mass is 10.2. The fraction of sp³-hybridized carbons (Fsp3) is 0.300. The van der Waals surface area contributed by atoms with E-state index < -0.39 is 0 Å². The van der Waals surface area contributed by atoms with Crippen molar-refractivity contribution in [2.45, 2.75) is 20.8 Å². The van der Waals surface area contributed by atoms with Crippen LogP contribution in [0, 0.1) is 12.7 Å². The van der Waals surface area contributed by atoms with Gasteiger partial charge in [-0.25, -0.2) is 4.39 Å². The molecule has 5 nitrogen and oxygen atoms in total. The average Bonchev–Trinajstić information content (AvgIpc) is 3.34. The summed E-state index contributed by atoms with van der Waals surface area (Å²) in [6.45, 7) is 6.50. The van der Waals surface area contributed by atoms with Crippen LogP contribution in [0.15, 0.2) is 41.1 Å². The van der Waals surface area contributed by atoms with E-state index in [1.807, 2.05) is 26.8 Å². The fourth-order valence-corrected chi connectivity index (χ4v) is 3.74. The van der Waals surface area contributed by atoms with Gasteiger partial charge in [-0.1, -0.05) is 19.9 Å². The summed E-state index contributed by atoms with van der Waals surface area (Å²) >= 11 is 1.70. The van der Waals surface area contributed by atoms with Crippen LogP contribution in [0.4, 0.5) is 15.8 Å². The van der Waals surface area contributed by atoms with Crippen LogP contribution in [0.1, 0.15) is 30.0 Å². The van der Waals surface area contributed by atoms with Crippen molar-refractivity contribution in [3.8, 4) is 0 Å². The molecule has 0 radical (unpaired) electrons. The molecule has 0 unspecified atom stereocenters. The van der Waals surface area contributed by atoms with Crippen molar-refractivity contribution in [1.29, 1.82) is 0 Å². The number of furan rings is 1. The summed E-state index contributed by atoms with van der Waals surface area (Å²) in [5.74, 6) is 1.14. The molecule has 2 aromatic heterocycles. The van der Waals surface area contributed by atoms with E-state index >= 15 is 0 Å². The molecule has 1 aliphatic heterocycles. The first kappa shape index (κ1) is 19.2. The zero-order valence-electron chi connectivity index (χ0n) is 15.6. The second kappa shape index (κ2) is 8.43. The first-order valence-corrected chi connectivity index (χ1v) is 10.1. The van der Waals surface area contributed by atoms with Gasteiger partial charge in [0, 0.05) is 24.7 Å². The highest BCUT2D eigenvalue weighted by atomic mass is 32.2. The minimum absolute atomic E-state index is 0.186. The molecule has 4 rings (SSSR count). The number of nitrogens with zero attached hydrogens (tertiary/aromatic N) is 2. The van der Waals surface area contributed by atoms with Crippen LogP contribution < -0.4 is 5.32 Å². The normalized spacial score (nSPS) is 13.4. The van der Waals surface area contributed by atoms with E-state index in [1.165, 1.54) is 6.07 Å². The minimum atomic E-state index is -0.381. The zero-order chi connectivity index (χ0) is 19.4. The van der Waals surface area contributed by atoms with Gasteiger partial charge in [0.15, 0.2) is 0 Å². The van der Waals surface area contributed by atoms with Crippen molar-refractivity contribution in [3.63, 3.8) is 0 Å². The van der Waals surface area contributed by atoms with E-state index in [0.29, 0.717) is 34.8 Å². The Morgan fingerprint density at radius 2 is 2.15 bits per heavy atom. The topological polar surface area (TPSA) is 58.4 Å². The molecule has 1 amide bonds. The highest BCUT2D eigenvalue weighted by Gasteiger charge is 2.28. The molecule has 27 heavy (non-hydrogen) atoms. The fourth-order valence-electron chi connectivity index (χ4n) is 2.79. The summed E-state index contributed by atoms with van der Waals surface area (Å²) in [5.41, 5.74) is 2.11. The van der Waals surface area contributed by atoms with E-state index in [4.69, 9.17) is 4.42 Å². The van der Waals surface area contributed by atoms with Crippen LogP contribution in [-0.2, 0) is 0 Å². The lowest BCUT2D eigenvalue weighted by molar-refractivity contribution is 0.0775. The van der Waals surface area contributed by atoms with E-state index in [0.717, 1.165) is 11.3 Å². The van der Waals surface area contributed by atoms with Gasteiger partial charge in [0.25, 0.3) is 5.91 Å². The first-order valence-electron chi connectivity index (χ1n) is 8.90. The molecule has 142 valence electrons. The molecular weight excluding hydrogens is 365 g/mol. The number of fused-ring (bicyclic) bond motifs is 1. The van der Waals surface area contributed by atoms with Crippen molar-refractivity contribution in [2.24, 2.45) is 0 Å². The van der Waals surface area contributed by atoms with Gasteiger partial charge in [-0.15, -0.1) is 11.8 Å². The molecule has 1 N–H and O–H groups in total. The van der Waals surface area contributed by atoms with Gasteiger partial charge in [-0.05, 0) is 30.7 Å². The predicted octanol–water partition coefficient (Wildman–Crippen LogP) is 5.19. The molecule has 1 fully saturated rings. The molecule has 0 saturated carbocycles. The third-order valence-corrected chi connectivity index (χ3v) is 5.07. The number of aromatic nitrogens is 1. The van der Waals surface area contributed by atoms with E-state index in [2.05, 4.69) is 10.3 Å². The van der Waals surface area contributed by atoms with Crippen LogP contribution in [0.2, 0.25) is 0 Å². The number of nitrogens with one attached hydrogen (secondary N) is 1. The van der Waals surface area contributed by atoms with E-state index in [1.54, 1.807) is 41.2 Å². The minimum Gasteiger partial charge on any atom is -0.448 e. The second-order valence-electron chi connectivity index (χ2n) is 5.89. The Kier molecular flexibility index (Phi) is 6.01. The third-order valence-electron chi connectivity index (χ3n) is 4.11. The van der Waals surface area contributed by atoms with Crippen molar-refractivity contribution < 1.29 is 13.6 Å². The highest BCUT2D eigenvalue weighted by molar-refractivity contribution is 7.99. The first-order chi connectivity index (χ1) is 13.1. The lowest BCUT2D eigenvalue weighted by Crippen LogP contribution is -2.27. The summed E-state index contributed by atoms with van der Waals surface area (Å²) in [6, 6.07) is 6.60. The van der Waals surface area contributed by atoms with Gasteiger partial charge >= 0.3 is 0 Å². The number of thioether (sulfide) groups is 1. The SMILES string of the molecule is CC.Cc1ccc(Nc2c(C(=O)N3CCSC3)oc3ccncc23)c(F)c1. The monoisotopic (exact) mass is 387 g/mol. The van der Waals surface area contributed by atoms with E-state index in [9.17, 15) is 9.18 Å². The van der Waals surface area contributed by atoms with Crippen LogP contribution in [0.5, 0.6) is 0 Å². The van der Waals surface area contributed by atoms with Gasteiger partial charge < -0.3 is 14.6 Å². The number of carbonyl (C=O) groups is 1. The van der Waals surface area contributed by atoms with Gasteiger partial charge in [0.2, 0.25) is 5.76 Å². The summed E-state index contributed by atoms with van der Waals surface area (Å²) in [7, 11) is 0.